The molecule has 132 valence electrons. The van der Waals surface area contributed by atoms with Crippen molar-refractivity contribution in [3.8, 4) is 0 Å². The zero-order valence-corrected chi connectivity index (χ0v) is 14.9. The van der Waals surface area contributed by atoms with Crippen molar-refractivity contribution in [2.45, 2.75) is 58.8 Å². The quantitative estimate of drug-likeness (QED) is 0.745. The third-order valence-electron chi connectivity index (χ3n) is 4.95. The van der Waals surface area contributed by atoms with Gasteiger partial charge in [0, 0.05) is 24.1 Å². The van der Waals surface area contributed by atoms with E-state index < -0.39 is 0 Å². The Balaban J connectivity index is 1.81. The minimum atomic E-state index is 0.0228. The molecular formula is C20H30N2O2. The zero-order chi connectivity index (χ0) is 17.4. The van der Waals surface area contributed by atoms with Crippen molar-refractivity contribution in [1.82, 2.24) is 5.32 Å². The first-order valence-electron chi connectivity index (χ1n) is 9.32. The highest BCUT2D eigenvalue weighted by atomic mass is 16.2. The predicted molar refractivity (Wildman–Crippen MR) is 97.8 cm³/mol. The number of aryl methyl sites for hydroxylation is 1. The molecule has 1 aliphatic carbocycles. The van der Waals surface area contributed by atoms with Gasteiger partial charge in [-0.2, -0.15) is 0 Å². The Bertz CT molecular complexity index is 548. The van der Waals surface area contributed by atoms with Gasteiger partial charge in [0.25, 0.3) is 0 Å². The molecule has 0 atom stereocenters. The van der Waals surface area contributed by atoms with Crippen LogP contribution in [0.1, 0.15) is 57.9 Å². The van der Waals surface area contributed by atoms with Gasteiger partial charge < -0.3 is 10.6 Å². The van der Waals surface area contributed by atoms with Gasteiger partial charge in [-0.25, -0.2) is 0 Å². The van der Waals surface area contributed by atoms with Gasteiger partial charge in [-0.15, -0.1) is 0 Å². The number of para-hydroxylation sites is 1. The molecule has 0 aromatic heterocycles. The van der Waals surface area contributed by atoms with Gasteiger partial charge in [-0.3, -0.25) is 9.59 Å². The molecule has 0 unspecified atom stereocenters. The van der Waals surface area contributed by atoms with Gasteiger partial charge in [0.2, 0.25) is 11.8 Å². The lowest BCUT2D eigenvalue weighted by Gasteiger charge is -2.27. The fourth-order valence-electron chi connectivity index (χ4n) is 3.34. The van der Waals surface area contributed by atoms with Crippen LogP contribution in [0.25, 0.3) is 0 Å². The fraction of sp³-hybridized carbons (Fsp3) is 0.600. The van der Waals surface area contributed by atoms with Gasteiger partial charge in [0.05, 0.1) is 0 Å². The highest BCUT2D eigenvalue weighted by Gasteiger charge is 2.29. The second-order valence-corrected chi connectivity index (χ2v) is 6.69. The molecule has 2 rings (SSSR count). The maximum Gasteiger partial charge on any atom is 0.227 e. The van der Waals surface area contributed by atoms with E-state index in [4.69, 9.17) is 0 Å². The lowest BCUT2D eigenvalue weighted by atomic mass is 9.81. The van der Waals surface area contributed by atoms with E-state index in [0.29, 0.717) is 0 Å². The van der Waals surface area contributed by atoms with Crippen molar-refractivity contribution >= 4 is 17.5 Å². The van der Waals surface area contributed by atoms with Crippen LogP contribution in [0.3, 0.4) is 0 Å². The number of carbonyl (C=O) groups is 2. The van der Waals surface area contributed by atoms with E-state index in [2.05, 4.69) is 24.5 Å². The maximum atomic E-state index is 12.5. The molecular weight excluding hydrogens is 300 g/mol. The molecule has 1 saturated carbocycles. The first kappa shape index (κ1) is 18.5. The Labute approximate surface area is 145 Å². The summed E-state index contributed by atoms with van der Waals surface area (Å²) in [7, 11) is 0. The summed E-state index contributed by atoms with van der Waals surface area (Å²) in [5, 5.41) is 6.09. The minimum Gasteiger partial charge on any atom is -0.356 e. The summed E-state index contributed by atoms with van der Waals surface area (Å²) in [6.45, 7) is 4.98. The van der Waals surface area contributed by atoms with Crippen LogP contribution < -0.4 is 10.6 Å². The third kappa shape index (κ3) is 5.08. The molecule has 0 radical (unpaired) electrons. The van der Waals surface area contributed by atoms with Crippen LogP contribution in [0.5, 0.6) is 0 Å². The standard InChI is InChI=1S/C20H30N2O2/c1-3-5-14-21-19(23)16-10-12-17(13-11-16)20(24)22-18-9-7-6-8-15(18)4-2/h6-9,16-17H,3-5,10-14H2,1-2H3,(H,21,23)(H,22,24). The summed E-state index contributed by atoms with van der Waals surface area (Å²) in [6, 6.07) is 7.96. The van der Waals surface area contributed by atoms with Gasteiger partial charge in [-0.1, -0.05) is 38.5 Å². The number of amides is 2. The van der Waals surface area contributed by atoms with E-state index in [-0.39, 0.29) is 23.7 Å². The van der Waals surface area contributed by atoms with Crippen LogP contribution in [0.4, 0.5) is 5.69 Å². The number of hydrogen-bond donors (Lipinski definition) is 2. The lowest BCUT2D eigenvalue weighted by Crippen LogP contribution is -2.36. The first-order chi connectivity index (χ1) is 11.7. The number of nitrogens with one attached hydrogen (secondary N) is 2. The summed E-state index contributed by atoms with van der Waals surface area (Å²) < 4.78 is 0. The molecule has 1 fully saturated rings. The minimum absolute atomic E-state index is 0.0228. The third-order valence-corrected chi connectivity index (χ3v) is 4.95. The first-order valence-corrected chi connectivity index (χ1v) is 9.32. The smallest absolute Gasteiger partial charge is 0.227 e. The second kappa shape index (κ2) is 9.45. The molecule has 1 aliphatic rings. The molecule has 0 saturated heterocycles. The maximum absolute atomic E-state index is 12.5. The van der Waals surface area contributed by atoms with Crippen LogP contribution >= 0.6 is 0 Å². The normalized spacial score (nSPS) is 20.4. The van der Waals surface area contributed by atoms with Crippen molar-refractivity contribution < 1.29 is 9.59 Å². The van der Waals surface area contributed by atoms with E-state index >= 15 is 0 Å². The molecule has 2 N–H and O–H groups in total. The number of anilines is 1. The van der Waals surface area contributed by atoms with Crippen molar-refractivity contribution in [2.75, 3.05) is 11.9 Å². The van der Waals surface area contributed by atoms with Gasteiger partial charge in [0.1, 0.15) is 0 Å². The highest BCUT2D eigenvalue weighted by molar-refractivity contribution is 5.93. The molecule has 0 bridgehead atoms. The highest BCUT2D eigenvalue weighted by Crippen LogP contribution is 2.30. The molecule has 24 heavy (non-hydrogen) atoms. The van der Waals surface area contributed by atoms with Crippen molar-refractivity contribution in [3.63, 3.8) is 0 Å². The number of hydrogen-bond acceptors (Lipinski definition) is 2. The van der Waals surface area contributed by atoms with Crippen LogP contribution in [0.15, 0.2) is 24.3 Å². The lowest BCUT2D eigenvalue weighted by molar-refractivity contribution is -0.128. The summed E-state index contributed by atoms with van der Waals surface area (Å²) in [5.74, 6) is 0.364. The van der Waals surface area contributed by atoms with Crippen LogP contribution in [-0.2, 0) is 16.0 Å². The Morgan fingerprint density at radius 3 is 2.25 bits per heavy atom. The molecule has 4 heteroatoms. The van der Waals surface area contributed by atoms with E-state index in [0.717, 1.165) is 62.7 Å². The van der Waals surface area contributed by atoms with Crippen molar-refractivity contribution in [3.05, 3.63) is 29.8 Å². The monoisotopic (exact) mass is 330 g/mol. The summed E-state index contributed by atoms with van der Waals surface area (Å²) >= 11 is 0. The molecule has 0 spiro atoms. The average Bonchev–Trinajstić information content (AvgIpc) is 2.62. The Hall–Kier alpha value is -1.84. The van der Waals surface area contributed by atoms with E-state index in [1.54, 1.807) is 0 Å². The fourth-order valence-corrected chi connectivity index (χ4v) is 3.34. The van der Waals surface area contributed by atoms with E-state index in [1.165, 1.54) is 0 Å². The molecule has 1 aromatic carbocycles. The summed E-state index contributed by atoms with van der Waals surface area (Å²) in [4.78, 5) is 24.6. The van der Waals surface area contributed by atoms with Gasteiger partial charge in [0.15, 0.2) is 0 Å². The van der Waals surface area contributed by atoms with E-state index in [9.17, 15) is 9.59 Å². The average molecular weight is 330 g/mol. The largest absolute Gasteiger partial charge is 0.356 e. The molecule has 0 aliphatic heterocycles. The number of rotatable bonds is 7. The number of unbranched alkanes of at least 4 members (excludes halogenated alkanes) is 1. The van der Waals surface area contributed by atoms with Crippen LogP contribution in [0, 0.1) is 11.8 Å². The molecule has 2 amide bonds. The van der Waals surface area contributed by atoms with E-state index in [1.807, 2.05) is 24.3 Å². The molecule has 1 aromatic rings. The number of carbonyl (C=O) groups excluding carboxylic acids is 2. The Morgan fingerprint density at radius 1 is 1.00 bits per heavy atom. The summed E-state index contributed by atoms with van der Waals surface area (Å²) in [5.41, 5.74) is 2.08. The molecule has 0 heterocycles. The molecule has 4 nitrogen and oxygen atoms in total. The number of benzene rings is 1. The van der Waals surface area contributed by atoms with Crippen molar-refractivity contribution in [1.29, 1.82) is 0 Å². The predicted octanol–water partition coefficient (Wildman–Crippen LogP) is 3.91. The van der Waals surface area contributed by atoms with Crippen LogP contribution in [0.2, 0.25) is 0 Å². The Kier molecular flexibility index (Phi) is 7.29. The second-order valence-electron chi connectivity index (χ2n) is 6.69. The Morgan fingerprint density at radius 2 is 1.62 bits per heavy atom. The zero-order valence-electron chi connectivity index (χ0n) is 14.9. The summed E-state index contributed by atoms with van der Waals surface area (Å²) in [6.07, 6.45) is 6.24. The van der Waals surface area contributed by atoms with Crippen molar-refractivity contribution in [2.24, 2.45) is 11.8 Å². The van der Waals surface area contributed by atoms with Crippen LogP contribution in [-0.4, -0.2) is 18.4 Å². The van der Waals surface area contributed by atoms with Gasteiger partial charge >= 0.3 is 0 Å². The topological polar surface area (TPSA) is 58.2 Å². The SMILES string of the molecule is CCCCNC(=O)C1CCC(C(=O)Nc2ccccc2CC)CC1. The van der Waals surface area contributed by atoms with Gasteiger partial charge in [-0.05, 0) is 50.2 Å².